The van der Waals surface area contributed by atoms with E-state index in [0.717, 1.165) is 25.4 Å². The third kappa shape index (κ3) is 4.27. The van der Waals surface area contributed by atoms with Crippen LogP contribution in [-0.4, -0.2) is 42.0 Å². The highest BCUT2D eigenvalue weighted by molar-refractivity contribution is 7.80. The van der Waals surface area contributed by atoms with E-state index in [9.17, 15) is 0 Å². The van der Waals surface area contributed by atoms with Crippen molar-refractivity contribution in [2.75, 3.05) is 32.0 Å². The average molecular weight is 245 g/mol. The van der Waals surface area contributed by atoms with Crippen LogP contribution in [0.25, 0.3) is 0 Å². The summed E-state index contributed by atoms with van der Waals surface area (Å²) in [5, 5.41) is 9.09. The molecule has 0 unspecified atom stereocenters. The Morgan fingerprint density at radius 1 is 1.19 bits per heavy atom. The zero-order chi connectivity index (χ0) is 11.9. The van der Waals surface area contributed by atoms with Gasteiger partial charge in [0.2, 0.25) is 0 Å². The van der Waals surface area contributed by atoms with Crippen LogP contribution in [0.3, 0.4) is 0 Å². The molecule has 3 heteroatoms. The van der Waals surface area contributed by atoms with Crippen molar-refractivity contribution < 1.29 is 5.11 Å². The van der Waals surface area contributed by atoms with E-state index in [1.54, 1.807) is 0 Å². The van der Waals surface area contributed by atoms with Crippen LogP contribution in [0, 0.1) is 5.41 Å². The fourth-order valence-corrected chi connectivity index (χ4v) is 3.29. The quantitative estimate of drug-likeness (QED) is 0.674. The molecule has 1 saturated carbocycles. The molecule has 2 nitrogen and oxygen atoms in total. The normalized spacial score (nSPS) is 20.2. The van der Waals surface area contributed by atoms with Gasteiger partial charge in [0.15, 0.2) is 0 Å². The third-order valence-corrected chi connectivity index (χ3v) is 4.44. The lowest BCUT2D eigenvalue weighted by Gasteiger charge is -2.40. The van der Waals surface area contributed by atoms with Crippen LogP contribution in [0.2, 0.25) is 0 Å². The Morgan fingerprint density at radius 2 is 1.88 bits per heavy atom. The van der Waals surface area contributed by atoms with Crippen molar-refractivity contribution in [1.82, 2.24) is 4.90 Å². The summed E-state index contributed by atoms with van der Waals surface area (Å²) < 4.78 is 0. The molecule has 96 valence electrons. The van der Waals surface area contributed by atoms with E-state index in [1.807, 2.05) is 0 Å². The highest BCUT2D eigenvalue weighted by atomic mass is 32.1. The molecular formula is C13H27NOS. The summed E-state index contributed by atoms with van der Waals surface area (Å²) in [5.74, 6) is 0.999. The summed E-state index contributed by atoms with van der Waals surface area (Å²) in [6.07, 6.45) is 7.93. The predicted molar refractivity (Wildman–Crippen MR) is 73.2 cm³/mol. The van der Waals surface area contributed by atoms with Gasteiger partial charge in [0.25, 0.3) is 0 Å². The van der Waals surface area contributed by atoms with Gasteiger partial charge in [-0.1, -0.05) is 26.2 Å². The van der Waals surface area contributed by atoms with Gasteiger partial charge in [0.1, 0.15) is 0 Å². The smallest absolute Gasteiger partial charge is 0.0558 e. The van der Waals surface area contributed by atoms with E-state index in [1.165, 1.54) is 38.5 Å². The van der Waals surface area contributed by atoms with Crippen LogP contribution in [-0.2, 0) is 0 Å². The summed E-state index contributed by atoms with van der Waals surface area (Å²) in [5.41, 5.74) is 0.422. The molecule has 0 spiro atoms. The van der Waals surface area contributed by atoms with Gasteiger partial charge in [-0.05, 0) is 37.0 Å². The van der Waals surface area contributed by atoms with Crippen molar-refractivity contribution in [2.24, 2.45) is 5.41 Å². The number of thiol groups is 1. The van der Waals surface area contributed by atoms with E-state index < -0.39 is 0 Å². The minimum atomic E-state index is 0.280. The lowest BCUT2D eigenvalue weighted by molar-refractivity contribution is 0.108. The Kier molecular flexibility index (Phi) is 6.78. The van der Waals surface area contributed by atoms with Gasteiger partial charge in [-0.2, -0.15) is 12.6 Å². The number of hydrogen-bond acceptors (Lipinski definition) is 3. The predicted octanol–water partition coefficient (Wildman–Crippen LogP) is 2.57. The number of aliphatic hydroxyl groups excluding tert-OH is 1. The Hall–Kier alpha value is 0.270. The van der Waals surface area contributed by atoms with Crippen molar-refractivity contribution in [2.45, 2.75) is 45.4 Å². The van der Waals surface area contributed by atoms with Crippen LogP contribution >= 0.6 is 12.6 Å². The first kappa shape index (κ1) is 14.3. The van der Waals surface area contributed by atoms with E-state index in [2.05, 4.69) is 24.5 Å². The van der Waals surface area contributed by atoms with Gasteiger partial charge in [-0.3, -0.25) is 0 Å². The van der Waals surface area contributed by atoms with Gasteiger partial charge < -0.3 is 10.0 Å². The minimum absolute atomic E-state index is 0.280. The fraction of sp³-hybridized carbons (Fsp3) is 1.00. The van der Waals surface area contributed by atoms with E-state index in [4.69, 9.17) is 5.11 Å². The SMILES string of the molecule is CCCN(CCO)CC1(CS)CCCCC1. The Balaban J connectivity index is 2.50. The molecule has 0 atom stereocenters. The molecule has 0 aliphatic heterocycles. The van der Waals surface area contributed by atoms with Crippen molar-refractivity contribution in [3.63, 3.8) is 0 Å². The van der Waals surface area contributed by atoms with Crippen LogP contribution in [0.4, 0.5) is 0 Å². The number of hydrogen-bond donors (Lipinski definition) is 2. The standard InChI is InChI=1S/C13H27NOS/c1-2-8-14(9-10-15)11-13(12-16)6-4-3-5-7-13/h15-16H,2-12H2,1H3. The first-order valence-corrected chi connectivity index (χ1v) is 7.33. The Labute approximate surface area is 106 Å². The van der Waals surface area contributed by atoms with Gasteiger partial charge in [0, 0.05) is 13.1 Å². The van der Waals surface area contributed by atoms with E-state index in [-0.39, 0.29) is 6.61 Å². The lowest BCUT2D eigenvalue weighted by atomic mass is 9.75. The fourth-order valence-electron chi connectivity index (χ4n) is 2.87. The molecule has 0 amide bonds. The Bertz CT molecular complexity index is 175. The molecule has 0 aromatic carbocycles. The molecular weight excluding hydrogens is 218 g/mol. The van der Waals surface area contributed by atoms with Crippen molar-refractivity contribution in [3.05, 3.63) is 0 Å². The average Bonchev–Trinajstić information content (AvgIpc) is 2.31. The molecule has 0 aromatic heterocycles. The monoisotopic (exact) mass is 245 g/mol. The molecule has 1 aliphatic rings. The maximum atomic E-state index is 9.09. The zero-order valence-electron chi connectivity index (χ0n) is 10.6. The second kappa shape index (κ2) is 7.57. The summed E-state index contributed by atoms with van der Waals surface area (Å²) >= 11 is 4.57. The molecule has 0 bridgehead atoms. The van der Waals surface area contributed by atoms with Gasteiger partial charge in [0.05, 0.1) is 6.61 Å². The summed E-state index contributed by atoms with van der Waals surface area (Å²) in [6, 6.07) is 0. The highest BCUT2D eigenvalue weighted by Crippen LogP contribution is 2.37. The second-order valence-electron chi connectivity index (χ2n) is 5.22. The van der Waals surface area contributed by atoms with Gasteiger partial charge in [-0.15, -0.1) is 0 Å². The molecule has 0 aromatic rings. The van der Waals surface area contributed by atoms with E-state index >= 15 is 0 Å². The summed E-state index contributed by atoms with van der Waals surface area (Å²) in [6.45, 7) is 5.55. The summed E-state index contributed by atoms with van der Waals surface area (Å²) in [4.78, 5) is 2.42. The van der Waals surface area contributed by atoms with Crippen LogP contribution in [0.5, 0.6) is 0 Å². The van der Waals surface area contributed by atoms with Crippen molar-refractivity contribution in [1.29, 1.82) is 0 Å². The number of rotatable bonds is 7. The molecule has 1 aliphatic carbocycles. The molecule has 0 heterocycles. The molecule has 16 heavy (non-hydrogen) atoms. The van der Waals surface area contributed by atoms with Crippen LogP contribution in [0.15, 0.2) is 0 Å². The second-order valence-corrected chi connectivity index (χ2v) is 5.53. The highest BCUT2D eigenvalue weighted by Gasteiger charge is 2.32. The zero-order valence-corrected chi connectivity index (χ0v) is 11.5. The van der Waals surface area contributed by atoms with Crippen LogP contribution < -0.4 is 0 Å². The largest absolute Gasteiger partial charge is 0.395 e. The molecule has 1 N–H and O–H groups in total. The number of nitrogens with zero attached hydrogens (tertiary/aromatic N) is 1. The maximum absolute atomic E-state index is 9.09. The van der Waals surface area contributed by atoms with Gasteiger partial charge in [-0.25, -0.2) is 0 Å². The first-order chi connectivity index (χ1) is 7.76. The molecule has 1 fully saturated rings. The third-order valence-electron chi connectivity index (χ3n) is 3.76. The Morgan fingerprint density at radius 3 is 2.38 bits per heavy atom. The van der Waals surface area contributed by atoms with Crippen molar-refractivity contribution in [3.8, 4) is 0 Å². The van der Waals surface area contributed by atoms with Crippen molar-refractivity contribution >= 4 is 12.6 Å². The maximum Gasteiger partial charge on any atom is 0.0558 e. The topological polar surface area (TPSA) is 23.5 Å². The van der Waals surface area contributed by atoms with Gasteiger partial charge >= 0.3 is 0 Å². The lowest BCUT2D eigenvalue weighted by Crippen LogP contribution is -2.42. The number of aliphatic hydroxyl groups is 1. The summed E-state index contributed by atoms with van der Waals surface area (Å²) in [7, 11) is 0. The first-order valence-electron chi connectivity index (χ1n) is 6.70. The molecule has 0 radical (unpaired) electrons. The molecule has 0 saturated heterocycles. The van der Waals surface area contributed by atoms with Crippen LogP contribution in [0.1, 0.15) is 45.4 Å². The molecule has 1 rings (SSSR count). The minimum Gasteiger partial charge on any atom is -0.395 e. The van der Waals surface area contributed by atoms with E-state index in [0.29, 0.717) is 5.41 Å².